The second-order valence-corrected chi connectivity index (χ2v) is 6.69. The molecule has 0 unspecified atom stereocenters. The first-order chi connectivity index (χ1) is 11.1. The first kappa shape index (κ1) is 22.4. The molecule has 0 aliphatic rings. The Kier molecular flexibility index (Phi) is 14.5. The van der Waals surface area contributed by atoms with E-state index in [1.165, 1.54) is 51.4 Å². The SMILES string of the molecule is CCCCCCCCCCCC[N+](CCO)(CCO)CC(=O)O. The minimum Gasteiger partial charge on any atom is -0.477 e. The topological polar surface area (TPSA) is 77.8 Å². The van der Waals surface area contributed by atoms with Crippen LogP contribution in [0.5, 0.6) is 0 Å². The Labute approximate surface area is 141 Å². The molecule has 0 spiro atoms. The largest absolute Gasteiger partial charge is 0.477 e. The molecule has 138 valence electrons. The van der Waals surface area contributed by atoms with Gasteiger partial charge in [0, 0.05) is 0 Å². The fourth-order valence-electron chi connectivity index (χ4n) is 3.22. The van der Waals surface area contributed by atoms with Gasteiger partial charge in [0.05, 0.1) is 19.8 Å². The summed E-state index contributed by atoms with van der Waals surface area (Å²) in [6.45, 7) is 3.68. The van der Waals surface area contributed by atoms with E-state index in [-0.39, 0.29) is 19.8 Å². The van der Waals surface area contributed by atoms with Crippen LogP contribution in [0.4, 0.5) is 0 Å². The molecule has 0 heterocycles. The van der Waals surface area contributed by atoms with Crippen molar-refractivity contribution in [3.8, 4) is 0 Å². The van der Waals surface area contributed by atoms with E-state index < -0.39 is 5.97 Å². The number of unbranched alkanes of at least 4 members (excludes halogenated alkanes) is 9. The van der Waals surface area contributed by atoms with Crippen LogP contribution in [0.25, 0.3) is 0 Å². The summed E-state index contributed by atoms with van der Waals surface area (Å²) in [5, 5.41) is 27.5. The van der Waals surface area contributed by atoms with E-state index in [4.69, 9.17) is 5.11 Å². The van der Waals surface area contributed by atoms with Crippen LogP contribution in [0, 0.1) is 0 Å². The van der Waals surface area contributed by atoms with Crippen LogP contribution in [-0.4, -0.2) is 65.2 Å². The van der Waals surface area contributed by atoms with Crippen LogP contribution in [0.15, 0.2) is 0 Å². The van der Waals surface area contributed by atoms with Gasteiger partial charge in [0.2, 0.25) is 0 Å². The number of carboxylic acids is 1. The van der Waals surface area contributed by atoms with Crippen LogP contribution in [0.2, 0.25) is 0 Å². The van der Waals surface area contributed by atoms with E-state index in [1.807, 2.05) is 0 Å². The summed E-state index contributed by atoms with van der Waals surface area (Å²) >= 11 is 0. The molecule has 3 N–H and O–H groups in total. The van der Waals surface area contributed by atoms with E-state index in [9.17, 15) is 15.0 Å². The Balaban J connectivity index is 3.87. The first-order valence-electron chi connectivity index (χ1n) is 9.39. The minimum atomic E-state index is -0.862. The molecule has 5 nitrogen and oxygen atoms in total. The van der Waals surface area contributed by atoms with Crippen molar-refractivity contribution in [3.63, 3.8) is 0 Å². The molecule has 0 aliphatic heterocycles. The molecule has 0 aromatic rings. The highest BCUT2D eigenvalue weighted by molar-refractivity contribution is 5.67. The maximum Gasteiger partial charge on any atom is 0.359 e. The molecule has 0 aliphatic carbocycles. The lowest BCUT2D eigenvalue weighted by atomic mass is 10.1. The number of rotatable bonds is 17. The number of nitrogens with zero attached hydrogens (tertiary/aromatic N) is 1. The number of aliphatic carboxylic acids is 1. The summed E-state index contributed by atoms with van der Waals surface area (Å²) < 4.78 is 0.291. The van der Waals surface area contributed by atoms with E-state index in [1.54, 1.807) is 0 Å². The lowest BCUT2D eigenvalue weighted by Gasteiger charge is -2.36. The highest BCUT2D eigenvalue weighted by Gasteiger charge is 2.28. The summed E-state index contributed by atoms with van der Waals surface area (Å²) in [5.74, 6) is -0.862. The van der Waals surface area contributed by atoms with Crippen molar-refractivity contribution in [2.45, 2.75) is 71.1 Å². The fourth-order valence-corrected chi connectivity index (χ4v) is 3.22. The fraction of sp³-hybridized carbons (Fsp3) is 0.944. The standard InChI is InChI=1S/C18H37NO4/c1-2-3-4-5-6-7-8-9-10-11-12-19(13-15-20,14-16-21)17-18(22)23/h20-21H,2-17H2,1H3/p+1. The normalized spacial score (nSPS) is 11.8. The number of hydrogen-bond acceptors (Lipinski definition) is 3. The lowest BCUT2D eigenvalue weighted by Crippen LogP contribution is -2.55. The van der Waals surface area contributed by atoms with Gasteiger partial charge in [-0.2, -0.15) is 0 Å². The molecule has 5 heteroatoms. The molecule has 23 heavy (non-hydrogen) atoms. The van der Waals surface area contributed by atoms with Gasteiger partial charge >= 0.3 is 5.97 Å². The third-order valence-electron chi connectivity index (χ3n) is 4.61. The number of carbonyl (C=O) groups is 1. The van der Waals surface area contributed by atoms with Crippen LogP contribution < -0.4 is 0 Å². The van der Waals surface area contributed by atoms with Gasteiger partial charge in [-0.05, 0) is 12.8 Å². The van der Waals surface area contributed by atoms with Gasteiger partial charge in [-0.25, -0.2) is 4.79 Å². The predicted octanol–water partition coefficient (Wildman–Crippen LogP) is 2.79. The molecule has 0 aromatic carbocycles. The van der Waals surface area contributed by atoms with Crippen LogP contribution >= 0.6 is 0 Å². The predicted molar refractivity (Wildman–Crippen MR) is 93.4 cm³/mol. The summed E-state index contributed by atoms with van der Waals surface area (Å²) in [4.78, 5) is 11.1. The minimum absolute atomic E-state index is 0.0153. The van der Waals surface area contributed by atoms with Crippen molar-refractivity contribution in [1.82, 2.24) is 0 Å². The Hall–Kier alpha value is -0.650. The number of hydrogen-bond donors (Lipinski definition) is 3. The quantitative estimate of drug-likeness (QED) is 0.283. The molecule has 0 aromatic heterocycles. The summed E-state index contributed by atoms with van der Waals surface area (Å²) in [5.41, 5.74) is 0. The van der Waals surface area contributed by atoms with E-state index in [2.05, 4.69) is 6.92 Å². The van der Waals surface area contributed by atoms with E-state index in [0.717, 1.165) is 19.4 Å². The average Bonchev–Trinajstić information content (AvgIpc) is 2.49. The van der Waals surface area contributed by atoms with Gasteiger partial charge in [-0.15, -0.1) is 0 Å². The maximum atomic E-state index is 11.1. The molecular weight excluding hydrogens is 294 g/mol. The first-order valence-corrected chi connectivity index (χ1v) is 9.39. The number of carboxylic acid groups (broad SMARTS) is 1. The average molecular weight is 333 g/mol. The maximum absolute atomic E-state index is 11.1. The van der Waals surface area contributed by atoms with Crippen molar-refractivity contribution in [2.24, 2.45) is 0 Å². The van der Waals surface area contributed by atoms with Gasteiger partial charge in [-0.3, -0.25) is 0 Å². The molecule has 0 amide bonds. The van der Waals surface area contributed by atoms with Crippen molar-refractivity contribution in [2.75, 3.05) is 39.4 Å². The highest BCUT2D eigenvalue weighted by atomic mass is 16.4. The van der Waals surface area contributed by atoms with Crippen LogP contribution in [0.1, 0.15) is 71.1 Å². The molecule has 0 rings (SSSR count). The third kappa shape index (κ3) is 12.4. The van der Waals surface area contributed by atoms with Crippen molar-refractivity contribution >= 4 is 5.97 Å². The summed E-state index contributed by atoms with van der Waals surface area (Å²) in [6, 6.07) is 0. The Morgan fingerprint density at radius 2 is 1.17 bits per heavy atom. The Morgan fingerprint density at radius 1 is 0.739 bits per heavy atom. The van der Waals surface area contributed by atoms with Gasteiger partial charge in [0.1, 0.15) is 13.1 Å². The molecule has 0 fully saturated rings. The van der Waals surface area contributed by atoms with Crippen LogP contribution in [0.3, 0.4) is 0 Å². The second-order valence-electron chi connectivity index (χ2n) is 6.69. The number of aliphatic hydroxyl groups is 2. The van der Waals surface area contributed by atoms with Gasteiger partial charge in [0.15, 0.2) is 6.54 Å². The summed E-state index contributed by atoms with van der Waals surface area (Å²) in [6.07, 6.45) is 12.5. The third-order valence-corrected chi connectivity index (χ3v) is 4.61. The van der Waals surface area contributed by atoms with Crippen LogP contribution in [-0.2, 0) is 4.79 Å². The molecule has 0 atom stereocenters. The Bertz CT molecular complexity index is 278. The molecule has 0 radical (unpaired) electrons. The molecular formula is C18H38NO4+. The monoisotopic (exact) mass is 332 g/mol. The van der Waals surface area contributed by atoms with Gasteiger partial charge in [0.25, 0.3) is 0 Å². The zero-order valence-corrected chi connectivity index (χ0v) is 15.0. The highest BCUT2D eigenvalue weighted by Crippen LogP contribution is 2.13. The summed E-state index contributed by atoms with van der Waals surface area (Å²) in [7, 11) is 0. The van der Waals surface area contributed by atoms with Gasteiger partial charge in [-0.1, -0.05) is 58.3 Å². The van der Waals surface area contributed by atoms with Crippen molar-refractivity contribution in [1.29, 1.82) is 0 Å². The lowest BCUT2D eigenvalue weighted by molar-refractivity contribution is -0.922. The molecule has 0 saturated carbocycles. The van der Waals surface area contributed by atoms with E-state index >= 15 is 0 Å². The van der Waals surface area contributed by atoms with Crippen molar-refractivity contribution < 1.29 is 24.6 Å². The zero-order valence-electron chi connectivity index (χ0n) is 15.0. The number of quaternary nitrogens is 1. The smallest absolute Gasteiger partial charge is 0.359 e. The zero-order chi connectivity index (χ0) is 17.4. The van der Waals surface area contributed by atoms with E-state index in [0.29, 0.717) is 17.6 Å². The van der Waals surface area contributed by atoms with Crippen molar-refractivity contribution in [3.05, 3.63) is 0 Å². The number of aliphatic hydroxyl groups excluding tert-OH is 2. The van der Waals surface area contributed by atoms with Gasteiger partial charge < -0.3 is 19.8 Å². The second kappa shape index (κ2) is 14.9. The molecule has 0 saturated heterocycles. The molecule has 0 bridgehead atoms. The Morgan fingerprint density at radius 3 is 1.57 bits per heavy atom.